The van der Waals surface area contributed by atoms with Gasteiger partial charge in [0.25, 0.3) is 5.91 Å². The molecule has 8 nitrogen and oxygen atoms in total. The molecule has 9 heteroatoms. The van der Waals surface area contributed by atoms with E-state index in [0.29, 0.717) is 43.1 Å². The smallest absolute Gasteiger partial charge is 0.253 e. The molecule has 0 unspecified atom stereocenters. The van der Waals surface area contributed by atoms with Crippen LogP contribution in [0, 0.1) is 0 Å². The highest BCUT2D eigenvalue weighted by atomic mass is 32.2. The van der Waals surface area contributed by atoms with E-state index in [-0.39, 0.29) is 12.0 Å². The largest absolute Gasteiger partial charge is 0.474 e. The zero-order chi connectivity index (χ0) is 19.4. The zero-order valence-corrected chi connectivity index (χ0v) is 16.1. The van der Waals surface area contributed by atoms with Crippen LogP contribution in [0.4, 0.5) is 5.69 Å². The molecule has 3 heterocycles. The molecule has 1 amide bonds. The van der Waals surface area contributed by atoms with Gasteiger partial charge < -0.3 is 9.64 Å². The molecule has 0 spiro atoms. The minimum absolute atomic E-state index is 0.00198. The first-order valence-electron chi connectivity index (χ1n) is 8.60. The molecule has 1 saturated heterocycles. The second kappa shape index (κ2) is 7.91. The zero-order valence-electron chi connectivity index (χ0n) is 15.3. The van der Waals surface area contributed by atoms with Crippen LogP contribution in [-0.2, 0) is 10.0 Å². The number of anilines is 1. The number of aromatic nitrogens is 2. The third-order valence-electron chi connectivity index (χ3n) is 4.53. The second-order valence-corrected chi connectivity index (χ2v) is 8.44. The van der Waals surface area contributed by atoms with Gasteiger partial charge in [0.2, 0.25) is 15.9 Å². The summed E-state index contributed by atoms with van der Waals surface area (Å²) in [5, 5.41) is 0. The van der Waals surface area contributed by atoms with Crippen molar-refractivity contribution in [2.24, 2.45) is 0 Å². The van der Waals surface area contributed by atoms with Gasteiger partial charge in [-0.3, -0.25) is 14.1 Å². The molecule has 0 aliphatic carbocycles. The van der Waals surface area contributed by atoms with Crippen LogP contribution in [0.15, 0.2) is 42.9 Å². The van der Waals surface area contributed by atoms with E-state index < -0.39 is 10.0 Å². The molecule has 0 N–H and O–H groups in total. The Kier molecular flexibility index (Phi) is 5.59. The molecule has 1 aliphatic heterocycles. The van der Waals surface area contributed by atoms with Crippen molar-refractivity contribution < 1.29 is 17.9 Å². The SMILES string of the molecule is CN(c1ccc(OC2CCN(C(=O)c3ccncc3)CC2)nc1)S(C)(=O)=O. The quantitative estimate of drug-likeness (QED) is 0.769. The summed E-state index contributed by atoms with van der Waals surface area (Å²) < 4.78 is 30.1. The summed E-state index contributed by atoms with van der Waals surface area (Å²) >= 11 is 0. The monoisotopic (exact) mass is 390 g/mol. The van der Waals surface area contributed by atoms with Crippen molar-refractivity contribution in [3.8, 4) is 5.88 Å². The number of carbonyl (C=O) groups excluding carboxylic acids is 1. The Bertz CT molecular complexity index is 879. The molecule has 0 bridgehead atoms. The number of carbonyl (C=O) groups is 1. The van der Waals surface area contributed by atoms with Crippen LogP contribution in [0.2, 0.25) is 0 Å². The number of amides is 1. The van der Waals surface area contributed by atoms with Gasteiger partial charge in [-0.05, 0) is 18.2 Å². The highest BCUT2D eigenvalue weighted by Crippen LogP contribution is 2.21. The van der Waals surface area contributed by atoms with E-state index in [1.165, 1.54) is 13.2 Å². The topological polar surface area (TPSA) is 92.7 Å². The highest BCUT2D eigenvalue weighted by molar-refractivity contribution is 7.92. The van der Waals surface area contributed by atoms with Crippen LogP contribution >= 0.6 is 0 Å². The normalized spacial score (nSPS) is 15.4. The molecule has 0 atom stereocenters. The molecular formula is C18H22N4O4S. The van der Waals surface area contributed by atoms with Crippen molar-refractivity contribution >= 4 is 21.6 Å². The van der Waals surface area contributed by atoms with Gasteiger partial charge in [-0.15, -0.1) is 0 Å². The average molecular weight is 390 g/mol. The van der Waals surface area contributed by atoms with Crippen molar-refractivity contribution in [2.75, 3.05) is 30.7 Å². The molecule has 0 radical (unpaired) electrons. The van der Waals surface area contributed by atoms with E-state index >= 15 is 0 Å². The number of sulfonamides is 1. The minimum atomic E-state index is -3.32. The molecule has 1 aliphatic rings. The van der Waals surface area contributed by atoms with Crippen LogP contribution in [-0.4, -0.2) is 61.7 Å². The molecule has 1 fully saturated rings. The van der Waals surface area contributed by atoms with Crippen molar-refractivity contribution in [3.63, 3.8) is 0 Å². The van der Waals surface area contributed by atoms with Crippen molar-refractivity contribution in [1.82, 2.24) is 14.9 Å². The number of nitrogens with zero attached hydrogens (tertiary/aromatic N) is 4. The lowest BCUT2D eigenvalue weighted by atomic mass is 10.1. The van der Waals surface area contributed by atoms with E-state index in [9.17, 15) is 13.2 Å². The molecule has 0 aromatic carbocycles. The Balaban J connectivity index is 1.54. The summed E-state index contributed by atoms with van der Waals surface area (Å²) in [7, 11) is -1.85. The molecule has 2 aromatic rings. The molecular weight excluding hydrogens is 368 g/mol. The fourth-order valence-electron chi connectivity index (χ4n) is 2.84. The van der Waals surface area contributed by atoms with Gasteiger partial charge in [-0.1, -0.05) is 0 Å². The average Bonchev–Trinajstić information content (AvgIpc) is 2.68. The Morgan fingerprint density at radius 1 is 1.19 bits per heavy atom. The summed E-state index contributed by atoms with van der Waals surface area (Å²) in [4.78, 5) is 22.4. The minimum Gasteiger partial charge on any atom is -0.474 e. The maximum absolute atomic E-state index is 12.4. The van der Waals surface area contributed by atoms with Gasteiger partial charge in [0, 0.05) is 57.0 Å². The molecule has 0 saturated carbocycles. The highest BCUT2D eigenvalue weighted by Gasteiger charge is 2.25. The van der Waals surface area contributed by atoms with E-state index in [0.717, 1.165) is 10.6 Å². The Morgan fingerprint density at radius 3 is 2.41 bits per heavy atom. The molecule has 2 aromatic heterocycles. The van der Waals surface area contributed by atoms with Crippen LogP contribution < -0.4 is 9.04 Å². The van der Waals surface area contributed by atoms with Gasteiger partial charge in [0.1, 0.15) is 6.10 Å². The summed E-state index contributed by atoms with van der Waals surface area (Å²) in [5.74, 6) is 0.446. The van der Waals surface area contributed by atoms with Crippen molar-refractivity contribution in [2.45, 2.75) is 18.9 Å². The number of piperidine rings is 1. The number of likely N-dealkylation sites (tertiary alicyclic amines) is 1. The molecule has 27 heavy (non-hydrogen) atoms. The number of hydrogen-bond acceptors (Lipinski definition) is 6. The van der Waals surface area contributed by atoms with E-state index in [1.54, 1.807) is 36.7 Å². The fourth-order valence-corrected chi connectivity index (χ4v) is 3.34. The van der Waals surface area contributed by atoms with Crippen LogP contribution in [0.3, 0.4) is 0 Å². The summed E-state index contributed by atoms with van der Waals surface area (Å²) in [6.07, 6.45) is 7.22. The lowest BCUT2D eigenvalue weighted by Crippen LogP contribution is -2.41. The van der Waals surface area contributed by atoms with Crippen LogP contribution in [0.1, 0.15) is 23.2 Å². The summed E-state index contributed by atoms with van der Waals surface area (Å²) in [6.45, 7) is 1.22. The van der Waals surface area contributed by atoms with Gasteiger partial charge in [-0.2, -0.15) is 0 Å². The first-order valence-corrected chi connectivity index (χ1v) is 10.5. The Labute approximate surface area is 158 Å². The van der Waals surface area contributed by atoms with E-state index in [4.69, 9.17) is 4.74 Å². The summed E-state index contributed by atoms with van der Waals surface area (Å²) in [5.41, 5.74) is 1.11. The number of ether oxygens (including phenoxy) is 1. The van der Waals surface area contributed by atoms with Crippen LogP contribution in [0.5, 0.6) is 5.88 Å². The predicted molar refractivity (Wildman–Crippen MR) is 101 cm³/mol. The maximum atomic E-state index is 12.4. The predicted octanol–water partition coefficient (Wildman–Crippen LogP) is 1.56. The van der Waals surface area contributed by atoms with Crippen LogP contribution in [0.25, 0.3) is 0 Å². The van der Waals surface area contributed by atoms with E-state index in [1.807, 2.05) is 4.90 Å². The Morgan fingerprint density at radius 2 is 1.85 bits per heavy atom. The standard InChI is InChI=1S/C18H22N4O4S/c1-21(27(2,24)25)15-3-4-17(20-13-15)26-16-7-11-22(12-8-16)18(23)14-5-9-19-10-6-14/h3-6,9-10,13,16H,7-8,11-12H2,1-2H3. The van der Waals surface area contributed by atoms with Crippen molar-refractivity contribution in [3.05, 3.63) is 48.4 Å². The third kappa shape index (κ3) is 4.73. The lowest BCUT2D eigenvalue weighted by Gasteiger charge is -2.32. The van der Waals surface area contributed by atoms with Crippen molar-refractivity contribution in [1.29, 1.82) is 0 Å². The lowest BCUT2D eigenvalue weighted by molar-refractivity contribution is 0.0588. The van der Waals surface area contributed by atoms with Gasteiger partial charge in [-0.25, -0.2) is 13.4 Å². The number of hydrogen-bond donors (Lipinski definition) is 0. The van der Waals surface area contributed by atoms with E-state index in [2.05, 4.69) is 9.97 Å². The number of rotatable bonds is 5. The van der Waals surface area contributed by atoms with Gasteiger partial charge >= 0.3 is 0 Å². The Hall–Kier alpha value is -2.68. The number of pyridine rings is 2. The fraction of sp³-hybridized carbons (Fsp3) is 0.389. The summed E-state index contributed by atoms with van der Waals surface area (Å²) in [6, 6.07) is 6.74. The first-order chi connectivity index (χ1) is 12.8. The third-order valence-corrected chi connectivity index (χ3v) is 5.73. The first kappa shape index (κ1) is 19.1. The maximum Gasteiger partial charge on any atom is 0.253 e. The van der Waals surface area contributed by atoms with Gasteiger partial charge in [0.05, 0.1) is 18.1 Å². The second-order valence-electron chi connectivity index (χ2n) is 6.43. The van der Waals surface area contributed by atoms with Gasteiger partial charge in [0.15, 0.2) is 0 Å². The molecule has 144 valence electrons. The molecule has 3 rings (SSSR count).